The summed E-state index contributed by atoms with van der Waals surface area (Å²) < 4.78 is 24.1. The molecule has 0 spiro atoms. The first-order valence-corrected chi connectivity index (χ1v) is 9.99. The molecule has 27 heavy (non-hydrogen) atoms. The van der Waals surface area contributed by atoms with E-state index in [1.807, 2.05) is 0 Å². The first-order chi connectivity index (χ1) is 12.8. The van der Waals surface area contributed by atoms with Crippen molar-refractivity contribution in [2.24, 2.45) is 5.14 Å². The summed E-state index contributed by atoms with van der Waals surface area (Å²) in [6, 6.07) is 6.00. The smallest absolute Gasteiger partial charge is 0.255 e. The lowest BCUT2D eigenvalue weighted by molar-refractivity contribution is -0.114. The molecule has 1 saturated heterocycles. The van der Waals surface area contributed by atoms with Gasteiger partial charge in [0.15, 0.2) is 0 Å². The first kappa shape index (κ1) is 19.0. The third-order valence-electron chi connectivity index (χ3n) is 4.30. The highest BCUT2D eigenvalue weighted by molar-refractivity contribution is 7.89. The van der Waals surface area contributed by atoms with Crippen molar-refractivity contribution in [3.05, 3.63) is 42.2 Å². The Morgan fingerprint density at radius 3 is 2.48 bits per heavy atom. The van der Waals surface area contributed by atoms with E-state index in [2.05, 4.69) is 10.3 Å². The third kappa shape index (κ3) is 4.32. The van der Waals surface area contributed by atoms with E-state index in [9.17, 15) is 18.0 Å². The molecule has 9 heteroatoms. The molecule has 0 radical (unpaired) electrons. The molecule has 1 aromatic heterocycles. The van der Waals surface area contributed by atoms with Crippen LogP contribution in [0, 0.1) is 0 Å². The van der Waals surface area contributed by atoms with E-state index in [0.717, 1.165) is 12.8 Å². The molecular formula is C18H20N4O4S. The number of amides is 2. The number of hydrogen-bond acceptors (Lipinski definition) is 5. The number of aromatic nitrogens is 1. The molecule has 0 unspecified atom stereocenters. The van der Waals surface area contributed by atoms with Crippen LogP contribution in [-0.2, 0) is 14.8 Å². The molecule has 2 amide bonds. The lowest BCUT2D eigenvalue weighted by Gasteiger charge is -2.16. The summed E-state index contributed by atoms with van der Waals surface area (Å²) in [5.41, 5.74) is 1.47. The summed E-state index contributed by atoms with van der Waals surface area (Å²) in [4.78, 5) is 29.5. The number of benzene rings is 1. The summed E-state index contributed by atoms with van der Waals surface area (Å²) in [7, 11) is -4.06. The highest BCUT2D eigenvalue weighted by Gasteiger charge is 2.22. The van der Waals surface area contributed by atoms with Crippen LogP contribution in [-0.4, -0.2) is 43.2 Å². The van der Waals surface area contributed by atoms with Crippen LogP contribution in [0.1, 0.15) is 30.1 Å². The van der Waals surface area contributed by atoms with Crippen molar-refractivity contribution in [3.63, 3.8) is 0 Å². The fourth-order valence-electron chi connectivity index (χ4n) is 3.08. The van der Waals surface area contributed by atoms with Crippen molar-refractivity contribution >= 4 is 27.5 Å². The molecule has 0 saturated carbocycles. The lowest BCUT2D eigenvalue weighted by Crippen LogP contribution is -2.27. The summed E-state index contributed by atoms with van der Waals surface area (Å²) in [6.45, 7) is 2.73. The van der Waals surface area contributed by atoms with Crippen LogP contribution in [0.15, 0.2) is 41.6 Å². The quantitative estimate of drug-likeness (QED) is 0.823. The minimum absolute atomic E-state index is 0.131. The van der Waals surface area contributed by atoms with Gasteiger partial charge in [-0.2, -0.15) is 0 Å². The third-order valence-corrected chi connectivity index (χ3v) is 5.25. The molecule has 1 aromatic carbocycles. The number of sulfonamides is 1. The number of likely N-dealkylation sites (tertiary alicyclic amines) is 1. The average Bonchev–Trinajstić information content (AvgIpc) is 3.14. The fraction of sp³-hybridized carbons (Fsp3) is 0.278. The molecule has 3 rings (SSSR count). The average molecular weight is 388 g/mol. The standard InChI is InChI=1S/C18H20N4O4S/c1-12(23)21-15-4-5-16(17(9-15)27(19,25)26)13-8-14(11-20-10-13)18(24)22-6-2-3-7-22/h4-5,8-11H,2-3,6-7H2,1H3,(H,21,23)(H2,19,25,26). The van der Waals surface area contributed by atoms with Crippen LogP contribution in [0.4, 0.5) is 5.69 Å². The van der Waals surface area contributed by atoms with Crippen molar-refractivity contribution in [2.45, 2.75) is 24.7 Å². The van der Waals surface area contributed by atoms with Crippen LogP contribution in [0.2, 0.25) is 0 Å². The molecule has 0 aliphatic carbocycles. The molecule has 1 aliphatic heterocycles. The van der Waals surface area contributed by atoms with Crippen molar-refractivity contribution in [2.75, 3.05) is 18.4 Å². The Hall–Kier alpha value is -2.78. The van der Waals surface area contributed by atoms with E-state index >= 15 is 0 Å². The van der Waals surface area contributed by atoms with Gasteiger partial charge in [-0.25, -0.2) is 13.6 Å². The number of hydrogen-bond donors (Lipinski definition) is 2. The van der Waals surface area contributed by atoms with Gasteiger partial charge < -0.3 is 10.2 Å². The second-order valence-electron chi connectivity index (χ2n) is 6.40. The second kappa shape index (κ2) is 7.45. The van der Waals surface area contributed by atoms with Crippen LogP contribution in [0.3, 0.4) is 0 Å². The zero-order valence-corrected chi connectivity index (χ0v) is 15.6. The van der Waals surface area contributed by atoms with Crippen molar-refractivity contribution in [1.82, 2.24) is 9.88 Å². The second-order valence-corrected chi connectivity index (χ2v) is 7.93. The maximum Gasteiger partial charge on any atom is 0.255 e. The molecule has 1 aliphatic rings. The predicted molar refractivity (Wildman–Crippen MR) is 100 cm³/mol. The van der Waals surface area contributed by atoms with Crippen molar-refractivity contribution in [3.8, 4) is 11.1 Å². The van der Waals surface area contributed by atoms with Crippen molar-refractivity contribution in [1.29, 1.82) is 0 Å². The van der Waals surface area contributed by atoms with Crippen LogP contribution in [0.25, 0.3) is 11.1 Å². The summed E-state index contributed by atoms with van der Waals surface area (Å²) in [5, 5.41) is 7.88. The van der Waals surface area contributed by atoms with E-state index in [1.54, 1.807) is 17.0 Å². The number of carbonyl (C=O) groups is 2. The van der Waals surface area contributed by atoms with Gasteiger partial charge in [0.05, 0.1) is 10.5 Å². The Balaban J connectivity index is 2.04. The number of anilines is 1. The molecule has 0 atom stereocenters. The maximum absolute atomic E-state index is 12.6. The topological polar surface area (TPSA) is 122 Å². The van der Waals surface area contributed by atoms with Crippen LogP contribution < -0.4 is 10.5 Å². The maximum atomic E-state index is 12.6. The van der Waals surface area contributed by atoms with Crippen molar-refractivity contribution < 1.29 is 18.0 Å². The molecule has 2 heterocycles. The van der Waals surface area contributed by atoms with Crippen LogP contribution >= 0.6 is 0 Å². The number of nitrogens with two attached hydrogens (primary N) is 1. The number of rotatable bonds is 4. The molecular weight excluding hydrogens is 368 g/mol. The molecule has 3 N–H and O–H groups in total. The summed E-state index contributed by atoms with van der Waals surface area (Å²) in [6.07, 6.45) is 4.88. The number of nitrogens with one attached hydrogen (secondary N) is 1. The first-order valence-electron chi connectivity index (χ1n) is 8.45. The molecule has 0 bridgehead atoms. The number of pyridine rings is 1. The summed E-state index contributed by atoms with van der Waals surface area (Å²) in [5.74, 6) is -0.461. The van der Waals surface area contributed by atoms with E-state index in [1.165, 1.54) is 31.5 Å². The van der Waals surface area contributed by atoms with Gasteiger partial charge in [0.25, 0.3) is 5.91 Å². The predicted octanol–water partition coefficient (Wildman–Crippen LogP) is 1.59. The number of nitrogens with zero attached hydrogens (tertiary/aromatic N) is 2. The largest absolute Gasteiger partial charge is 0.339 e. The zero-order chi connectivity index (χ0) is 19.6. The Bertz CT molecular complexity index is 998. The highest BCUT2D eigenvalue weighted by Crippen LogP contribution is 2.30. The lowest BCUT2D eigenvalue weighted by atomic mass is 10.0. The molecule has 1 fully saturated rings. The van der Waals surface area contributed by atoms with Crippen LogP contribution in [0.5, 0.6) is 0 Å². The van der Waals surface area contributed by atoms with Gasteiger partial charge in [0, 0.05) is 49.2 Å². The minimum atomic E-state index is -4.06. The number of carbonyl (C=O) groups excluding carboxylic acids is 2. The Kier molecular flexibility index (Phi) is 5.24. The van der Waals surface area contributed by atoms with Gasteiger partial charge in [-0.15, -0.1) is 0 Å². The number of primary sulfonamides is 1. The molecule has 2 aromatic rings. The van der Waals surface area contributed by atoms with E-state index in [4.69, 9.17) is 5.14 Å². The molecule has 142 valence electrons. The van der Waals surface area contributed by atoms with Gasteiger partial charge in [-0.1, -0.05) is 6.07 Å². The molecule has 8 nitrogen and oxygen atoms in total. The van der Waals surface area contributed by atoms with Gasteiger partial charge in [-0.05, 0) is 31.0 Å². The summed E-state index contributed by atoms with van der Waals surface area (Å²) >= 11 is 0. The SMILES string of the molecule is CC(=O)Nc1ccc(-c2cncc(C(=O)N3CCCC3)c2)c(S(N)(=O)=O)c1. The Morgan fingerprint density at radius 2 is 1.85 bits per heavy atom. The van der Waals surface area contributed by atoms with Gasteiger partial charge in [0.1, 0.15) is 0 Å². The van der Waals surface area contributed by atoms with Gasteiger partial charge in [0.2, 0.25) is 15.9 Å². The van der Waals surface area contributed by atoms with E-state index in [0.29, 0.717) is 35.5 Å². The minimum Gasteiger partial charge on any atom is -0.339 e. The monoisotopic (exact) mass is 388 g/mol. The van der Waals surface area contributed by atoms with E-state index < -0.39 is 10.0 Å². The fourth-order valence-corrected chi connectivity index (χ4v) is 3.87. The van der Waals surface area contributed by atoms with E-state index in [-0.39, 0.29) is 16.7 Å². The van der Waals surface area contributed by atoms with Gasteiger partial charge >= 0.3 is 0 Å². The zero-order valence-electron chi connectivity index (χ0n) is 14.8. The van der Waals surface area contributed by atoms with Gasteiger partial charge in [-0.3, -0.25) is 14.6 Å². The highest BCUT2D eigenvalue weighted by atomic mass is 32.2. The Morgan fingerprint density at radius 1 is 1.15 bits per heavy atom. The Labute approximate surface area is 157 Å². The normalized spacial score (nSPS) is 14.2.